The molecule has 15 heavy (non-hydrogen) atoms. The van der Waals surface area contributed by atoms with Crippen LogP contribution >= 0.6 is 0 Å². The minimum Gasteiger partial charge on any atom is -0.386 e. The van der Waals surface area contributed by atoms with Crippen molar-refractivity contribution in [3.63, 3.8) is 0 Å². The highest BCUT2D eigenvalue weighted by atomic mass is 28.2. The fourth-order valence-corrected chi connectivity index (χ4v) is 3.53. The van der Waals surface area contributed by atoms with Crippen LogP contribution in [0.4, 0.5) is 0 Å². The van der Waals surface area contributed by atoms with Crippen molar-refractivity contribution in [3.05, 3.63) is 23.0 Å². The fraction of sp³-hybridized carbons (Fsp3) is 0.692. The predicted molar refractivity (Wildman–Crippen MR) is 72.0 cm³/mol. The van der Waals surface area contributed by atoms with E-state index in [1.807, 2.05) is 0 Å². The molecule has 0 aliphatic rings. The van der Waals surface area contributed by atoms with Gasteiger partial charge >= 0.3 is 0 Å². The van der Waals surface area contributed by atoms with E-state index in [4.69, 9.17) is 0 Å². The van der Waals surface area contributed by atoms with E-state index < -0.39 is 0 Å². The molecule has 1 aromatic heterocycles. The van der Waals surface area contributed by atoms with Gasteiger partial charge < -0.3 is 4.23 Å². The molecule has 0 N–H and O–H groups in total. The molecule has 0 saturated heterocycles. The summed E-state index contributed by atoms with van der Waals surface area (Å²) in [6.07, 6.45) is 2.38. The summed E-state index contributed by atoms with van der Waals surface area (Å²) in [5, 5.41) is 0. The van der Waals surface area contributed by atoms with E-state index in [2.05, 4.69) is 52.0 Å². The van der Waals surface area contributed by atoms with Gasteiger partial charge in [-0.15, -0.1) is 0 Å². The van der Waals surface area contributed by atoms with Crippen molar-refractivity contribution in [2.75, 3.05) is 0 Å². The van der Waals surface area contributed by atoms with Crippen LogP contribution in [0.3, 0.4) is 0 Å². The largest absolute Gasteiger partial charge is 0.386 e. The fourth-order valence-electron chi connectivity index (χ4n) is 2.49. The smallest absolute Gasteiger partial charge is 0.112 e. The molecule has 1 heterocycles. The molecule has 0 unspecified atom stereocenters. The van der Waals surface area contributed by atoms with E-state index in [9.17, 15) is 0 Å². The first kappa shape index (κ1) is 12.6. The molecular weight excluding hydrogens is 198 g/mol. The second-order valence-corrected chi connectivity index (χ2v) is 6.42. The molecule has 0 aliphatic heterocycles. The molecule has 1 rings (SSSR count). The number of nitrogens with zero attached hydrogens (tertiary/aromatic N) is 1. The lowest BCUT2D eigenvalue weighted by molar-refractivity contribution is 0.746. The van der Waals surface area contributed by atoms with E-state index in [0.29, 0.717) is 17.8 Å². The highest BCUT2D eigenvalue weighted by Gasteiger charge is 2.20. The number of hydrogen-bond donors (Lipinski definition) is 0. The van der Waals surface area contributed by atoms with Gasteiger partial charge in [0, 0.05) is 5.69 Å². The van der Waals surface area contributed by atoms with Crippen molar-refractivity contribution in [2.45, 2.75) is 59.3 Å². The van der Waals surface area contributed by atoms with Crippen LogP contribution in [-0.2, 0) is 0 Å². The first-order chi connectivity index (χ1) is 6.86. The van der Waals surface area contributed by atoms with Gasteiger partial charge in [-0.2, -0.15) is 0 Å². The third-order valence-electron chi connectivity index (χ3n) is 3.05. The molecule has 86 valence electrons. The van der Waals surface area contributed by atoms with E-state index >= 15 is 0 Å². The van der Waals surface area contributed by atoms with Crippen molar-refractivity contribution in [1.29, 1.82) is 0 Å². The summed E-state index contributed by atoms with van der Waals surface area (Å²) in [4.78, 5) is 0. The Bertz CT molecular complexity index is 335. The number of rotatable bonds is 3. The summed E-state index contributed by atoms with van der Waals surface area (Å²) in [6, 6.07) is 0. The summed E-state index contributed by atoms with van der Waals surface area (Å²) in [7, 11) is 1.10. The average Bonchev–Trinajstić information content (AvgIpc) is 2.42. The Morgan fingerprint density at radius 1 is 0.933 bits per heavy atom. The van der Waals surface area contributed by atoms with Gasteiger partial charge in [-0.05, 0) is 35.1 Å². The Hall–Kier alpha value is -0.503. The zero-order valence-corrected chi connectivity index (χ0v) is 13.3. The van der Waals surface area contributed by atoms with Crippen molar-refractivity contribution >= 4 is 10.4 Å². The Balaban J connectivity index is 3.38. The Kier molecular flexibility index (Phi) is 3.82. The number of aromatic nitrogens is 1. The van der Waals surface area contributed by atoms with Gasteiger partial charge in [0.2, 0.25) is 0 Å². The maximum Gasteiger partial charge on any atom is 0.112 e. The molecule has 0 amide bonds. The molecular formula is C13H25NSi. The second-order valence-electron chi connectivity index (χ2n) is 5.46. The monoisotopic (exact) mass is 223 g/mol. The summed E-state index contributed by atoms with van der Waals surface area (Å²) >= 11 is 0. The van der Waals surface area contributed by atoms with Gasteiger partial charge in [-0.25, -0.2) is 0 Å². The van der Waals surface area contributed by atoms with Crippen molar-refractivity contribution in [3.8, 4) is 0 Å². The normalized spacial score (nSPS) is 12.3. The van der Waals surface area contributed by atoms with Gasteiger partial charge in [0.05, 0.1) is 0 Å². The van der Waals surface area contributed by atoms with Crippen LogP contribution in [0, 0.1) is 0 Å². The minimum absolute atomic E-state index is 0.646. The maximum absolute atomic E-state index is 2.45. The van der Waals surface area contributed by atoms with Crippen molar-refractivity contribution in [1.82, 2.24) is 4.23 Å². The van der Waals surface area contributed by atoms with Gasteiger partial charge in [-0.1, -0.05) is 41.5 Å². The highest BCUT2D eigenvalue weighted by Crippen LogP contribution is 2.34. The van der Waals surface area contributed by atoms with Crippen LogP contribution in [0.15, 0.2) is 6.20 Å². The molecule has 1 aromatic rings. The molecule has 0 radical (unpaired) electrons. The molecule has 0 spiro atoms. The molecule has 1 nitrogen and oxygen atoms in total. The van der Waals surface area contributed by atoms with Gasteiger partial charge in [-0.3, -0.25) is 0 Å². The average molecular weight is 223 g/mol. The molecule has 2 heteroatoms. The van der Waals surface area contributed by atoms with E-state index in [1.165, 1.54) is 0 Å². The van der Waals surface area contributed by atoms with Crippen molar-refractivity contribution in [2.24, 2.45) is 0 Å². The Morgan fingerprint density at radius 3 is 1.80 bits per heavy atom. The molecule has 0 saturated carbocycles. The third-order valence-corrected chi connectivity index (χ3v) is 3.79. The van der Waals surface area contributed by atoms with Crippen LogP contribution in [0.1, 0.15) is 76.1 Å². The van der Waals surface area contributed by atoms with Crippen molar-refractivity contribution < 1.29 is 0 Å². The topological polar surface area (TPSA) is 4.93 Å². The third kappa shape index (κ3) is 2.36. The first-order valence-corrected chi connectivity index (χ1v) is 6.94. The Labute approximate surface area is 97.4 Å². The van der Waals surface area contributed by atoms with Crippen LogP contribution in [0.25, 0.3) is 0 Å². The minimum atomic E-state index is 0.646. The highest BCUT2D eigenvalue weighted by molar-refractivity contribution is 6.07. The predicted octanol–water partition coefficient (Wildman–Crippen LogP) is 2.99. The summed E-state index contributed by atoms with van der Waals surface area (Å²) in [5.41, 5.74) is 4.74. The molecule has 0 aromatic carbocycles. The van der Waals surface area contributed by atoms with Crippen LogP contribution in [0.2, 0.25) is 0 Å². The molecule has 0 fully saturated rings. The van der Waals surface area contributed by atoms with Gasteiger partial charge in [0.1, 0.15) is 10.4 Å². The molecule has 0 atom stereocenters. The van der Waals surface area contributed by atoms with Crippen LogP contribution < -0.4 is 0 Å². The first-order valence-electron chi connectivity index (χ1n) is 6.05. The summed E-state index contributed by atoms with van der Waals surface area (Å²) in [6.45, 7) is 13.8. The van der Waals surface area contributed by atoms with E-state index in [0.717, 1.165) is 10.4 Å². The Morgan fingerprint density at radius 2 is 1.47 bits per heavy atom. The quantitative estimate of drug-likeness (QED) is 0.694. The SMILES string of the molecule is CC(C)c1cn([SiH3])c(C(C)C)c1C(C)C. The lowest BCUT2D eigenvalue weighted by Crippen LogP contribution is -2.04. The lowest BCUT2D eigenvalue weighted by atomic mass is 9.90. The standard InChI is InChI=1S/C13H25NSi/c1-8(2)11-7-14(15)13(10(5)6)12(11)9(3)4/h7-10H,1-6,15H3. The number of hydrogen-bond acceptors (Lipinski definition) is 0. The molecule has 0 bridgehead atoms. The zero-order chi connectivity index (χ0) is 11.7. The summed E-state index contributed by atoms with van der Waals surface area (Å²) in [5.74, 6) is 1.94. The van der Waals surface area contributed by atoms with Gasteiger partial charge in [0.15, 0.2) is 0 Å². The van der Waals surface area contributed by atoms with Crippen LogP contribution in [0.5, 0.6) is 0 Å². The second kappa shape index (κ2) is 4.56. The maximum atomic E-state index is 2.45. The molecule has 0 aliphatic carbocycles. The zero-order valence-electron chi connectivity index (χ0n) is 11.3. The van der Waals surface area contributed by atoms with E-state index in [1.54, 1.807) is 16.8 Å². The van der Waals surface area contributed by atoms with Crippen LogP contribution in [-0.4, -0.2) is 14.6 Å². The lowest BCUT2D eigenvalue weighted by Gasteiger charge is -2.16. The van der Waals surface area contributed by atoms with Gasteiger partial charge in [0.25, 0.3) is 0 Å². The summed E-state index contributed by atoms with van der Waals surface area (Å²) < 4.78 is 2.45. The van der Waals surface area contributed by atoms with E-state index in [-0.39, 0.29) is 0 Å².